The van der Waals surface area contributed by atoms with E-state index in [0.717, 1.165) is 0 Å². The third-order valence-corrected chi connectivity index (χ3v) is 0. The summed E-state index contributed by atoms with van der Waals surface area (Å²) in [6, 6.07) is 0. The second-order valence-corrected chi connectivity index (χ2v) is 0. The Morgan fingerprint density at radius 1 is 0.375 bits per heavy atom. The van der Waals surface area contributed by atoms with Crippen molar-refractivity contribution in [2.75, 3.05) is 0 Å². The minimum absolute atomic E-state index is 0. The molecule has 8 heavy (non-hydrogen) atoms. The molecule has 0 saturated carbocycles. The molecule has 0 aliphatic rings. The SMILES string of the molecule is [F-].[F-].[F-].[F-].[F-].[F-].[Ga+3].[Sc+3]. The van der Waals surface area contributed by atoms with Crippen molar-refractivity contribution in [3.8, 4) is 0 Å². The zero-order valence-electron chi connectivity index (χ0n) is 3.42. The molecule has 0 atom stereocenters. The van der Waals surface area contributed by atoms with E-state index in [1.807, 2.05) is 0 Å². The van der Waals surface area contributed by atoms with Crippen LogP contribution in [-0.4, -0.2) is 19.8 Å². The van der Waals surface area contributed by atoms with Crippen LogP contribution < -0.4 is 28.2 Å². The monoisotopic (exact) mass is 228 g/mol. The minimum atomic E-state index is 0. The van der Waals surface area contributed by atoms with Gasteiger partial charge in [-0.15, -0.1) is 0 Å². The van der Waals surface area contributed by atoms with E-state index in [0.29, 0.717) is 0 Å². The van der Waals surface area contributed by atoms with Gasteiger partial charge in [-0.3, -0.25) is 0 Å². The van der Waals surface area contributed by atoms with Gasteiger partial charge in [0.05, 0.1) is 0 Å². The van der Waals surface area contributed by atoms with Gasteiger partial charge in [0.25, 0.3) is 0 Å². The van der Waals surface area contributed by atoms with Crippen LogP contribution in [0.3, 0.4) is 0 Å². The van der Waals surface area contributed by atoms with Gasteiger partial charge in [-0.05, 0) is 0 Å². The van der Waals surface area contributed by atoms with Gasteiger partial charge >= 0.3 is 45.6 Å². The Morgan fingerprint density at radius 2 is 0.375 bits per heavy atom. The quantitative estimate of drug-likeness (QED) is 0.285. The maximum Gasteiger partial charge on any atom is 3.00 e. The van der Waals surface area contributed by atoms with Gasteiger partial charge in [0, 0.05) is 0 Å². The molecule has 0 radical (unpaired) electrons. The molecule has 48 valence electrons. The van der Waals surface area contributed by atoms with Crippen molar-refractivity contribution < 1.29 is 54.1 Å². The topological polar surface area (TPSA) is 0 Å². The van der Waals surface area contributed by atoms with E-state index < -0.39 is 0 Å². The van der Waals surface area contributed by atoms with Crippen LogP contribution in [0.15, 0.2) is 0 Å². The maximum absolute atomic E-state index is 0. The zero-order valence-corrected chi connectivity index (χ0v) is 7.65. The van der Waals surface area contributed by atoms with Crippen LogP contribution >= 0.6 is 0 Å². The molecule has 0 spiro atoms. The average Bonchev–Trinajstić information content (AvgIpc) is 0. The molecule has 0 aromatic rings. The molecule has 0 saturated heterocycles. The Balaban J connectivity index is 0. The zero-order chi connectivity index (χ0) is 0. The van der Waals surface area contributed by atoms with Crippen molar-refractivity contribution in [3.63, 3.8) is 0 Å². The Labute approximate surface area is 73.8 Å². The maximum atomic E-state index is 0. The van der Waals surface area contributed by atoms with Crippen molar-refractivity contribution >= 4 is 19.8 Å². The van der Waals surface area contributed by atoms with Gasteiger partial charge in [-0.2, -0.15) is 0 Å². The van der Waals surface area contributed by atoms with Crippen LogP contribution in [0.25, 0.3) is 0 Å². The van der Waals surface area contributed by atoms with E-state index >= 15 is 0 Å². The van der Waals surface area contributed by atoms with Gasteiger partial charge in [0.15, 0.2) is 0 Å². The van der Waals surface area contributed by atoms with E-state index in [1.54, 1.807) is 0 Å². The Kier molecular flexibility index (Phi) is 21600. The molecule has 8 heteroatoms. The molecule has 0 aliphatic heterocycles. The van der Waals surface area contributed by atoms with E-state index in [4.69, 9.17) is 0 Å². The summed E-state index contributed by atoms with van der Waals surface area (Å²) < 4.78 is 0. The molecule has 0 aromatic carbocycles. The normalized spacial score (nSPS) is 0. The largest absolute Gasteiger partial charge is 3.00 e. The predicted molar refractivity (Wildman–Crippen MR) is 5.75 cm³/mol. The van der Waals surface area contributed by atoms with Gasteiger partial charge in [0.1, 0.15) is 0 Å². The van der Waals surface area contributed by atoms with E-state index in [-0.39, 0.29) is 73.9 Å². The summed E-state index contributed by atoms with van der Waals surface area (Å²) in [4.78, 5) is 0. The summed E-state index contributed by atoms with van der Waals surface area (Å²) in [5, 5.41) is 0. The Hall–Kier alpha value is 1.09. The molecule has 0 fully saturated rings. The van der Waals surface area contributed by atoms with Gasteiger partial charge in [-0.1, -0.05) is 0 Å². The fraction of sp³-hybridized carbons (Fsp3) is 0. The minimum Gasteiger partial charge on any atom is -1.00 e. The third-order valence-electron chi connectivity index (χ3n) is 0. The first-order chi connectivity index (χ1) is 0. The fourth-order valence-corrected chi connectivity index (χ4v) is 0. The Bertz CT molecular complexity index is 8.49. The Morgan fingerprint density at radius 3 is 0.375 bits per heavy atom. The molecule has 0 unspecified atom stereocenters. The molecular weight excluding hydrogens is 229 g/mol. The first-order valence-corrected chi connectivity index (χ1v) is 0. The molecule has 0 bridgehead atoms. The molecule has 0 heterocycles. The first-order valence-electron chi connectivity index (χ1n) is 0. The van der Waals surface area contributed by atoms with E-state index in [2.05, 4.69) is 0 Å². The molecule has 0 aromatic heterocycles. The molecule has 0 amide bonds. The molecule has 0 nitrogen and oxygen atoms in total. The van der Waals surface area contributed by atoms with Gasteiger partial charge in [-0.25, -0.2) is 0 Å². The van der Waals surface area contributed by atoms with Crippen molar-refractivity contribution in [2.45, 2.75) is 0 Å². The molecule has 0 N–H and O–H groups in total. The van der Waals surface area contributed by atoms with E-state index in [9.17, 15) is 0 Å². The number of halogens is 6. The van der Waals surface area contributed by atoms with Crippen LogP contribution in [0.1, 0.15) is 0 Å². The van der Waals surface area contributed by atoms with Crippen LogP contribution in [0.4, 0.5) is 0 Å². The number of hydrogen-bond donors (Lipinski definition) is 0. The van der Waals surface area contributed by atoms with Crippen molar-refractivity contribution in [2.24, 2.45) is 0 Å². The van der Waals surface area contributed by atoms with Crippen LogP contribution in [0.5, 0.6) is 0 Å². The standard InChI is InChI=1S/6FH.Ga.Sc/h6*1H;;/q;;;;;;2*+3/p-6. The van der Waals surface area contributed by atoms with Crippen LogP contribution in [0, 0.1) is 0 Å². The number of rotatable bonds is 0. The molecule has 0 rings (SSSR count). The van der Waals surface area contributed by atoms with E-state index in [1.165, 1.54) is 0 Å². The van der Waals surface area contributed by atoms with Gasteiger partial charge in [0.2, 0.25) is 0 Å². The van der Waals surface area contributed by atoms with Crippen molar-refractivity contribution in [1.82, 2.24) is 0 Å². The smallest absolute Gasteiger partial charge is 1.00 e. The second-order valence-electron chi connectivity index (χ2n) is 0. The van der Waals surface area contributed by atoms with Crippen LogP contribution in [0.2, 0.25) is 0 Å². The third kappa shape index (κ3) is 222. The first kappa shape index (κ1) is 503. The molecule has 0 aliphatic carbocycles. The molecular formula is F6GaSc. The summed E-state index contributed by atoms with van der Waals surface area (Å²) in [7, 11) is 0. The van der Waals surface area contributed by atoms with Gasteiger partial charge < -0.3 is 28.2 Å². The van der Waals surface area contributed by atoms with Crippen molar-refractivity contribution in [1.29, 1.82) is 0 Å². The summed E-state index contributed by atoms with van der Waals surface area (Å²) in [6.45, 7) is 0. The second kappa shape index (κ2) is 344. The van der Waals surface area contributed by atoms with Crippen molar-refractivity contribution in [3.05, 3.63) is 0 Å². The number of hydrogen-bond acceptors (Lipinski definition) is 0. The summed E-state index contributed by atoms with van der Waals surface area (Å²) >= 11 is 0. The predicted octanol–water partition coefficient (Wildman–Crippen LogP) is -18.4. The summed E-state index contributed by atoms with van der Waals surface area (Å²) in [6.07, 6.45) is 0. The van der Waals surface area contributed by atoms with Crippen LogP contribution in [-0.2, 0) is 25.8 Å². The average molecular weight is 229 g/mol. The fourth-order valence-electron chi connectivity index (χ4n) is 0. The summed E-state index contributed by atoms with van der Waals surface area (Å²) in [5.74, 6) is 0. The summed E-state index contributed by atoms with van der Waals surface area (Å²) in [5.41, 5.74) is 0.